The number of hydrogen-bond donors (Lipinski definition) is 1. The van der Waals surface area contributed by atoms with E-state index >= 15 is 0 Å². The topological polar surface area (TPSA) is 71.1 Å². The van der Waals surface area contributed by atoms with E-state index in [1.807, 2.05) is 26.8 Å². The molecule has 1 aliphatic heterocycles. The van der Waals surface area contributed by atoms with Gasteiger partial charge in [0.1, 0.15) is 16.6 Å². The van der Waals surface area contributed by atoms with Crippen molar-refractivity contribution in [3.8, 4) is 0 Å². The quantitative estimate of drug-likeness (QED) is 0.878. The van der Waals surface area contributed by atoms with E-state index in [-0.39, 0.29) is 6.09 Å². The van der Waals surface area contributed by atoms with Crippen LogP contribution in [0.25, 0.3) is 11.0 Å². The second-order valence-electron chi connectivity index (χ2n) is 6.81. The number of amides is 1. The van der Waals surface area contributed by atoms with Crippen molar-refractivity contribution in [1.82, 2.24) is 20.3 Å². The summed E-state index contributed by atoms with van der Waals surface area (Å²) >= 11 is 0. The fourth-order valence-corrected chi connectivity index (χ4v) is 2.83. The first-order chi connectivity index (χ1) is 10.4. The van der Waals surface area contributed by atoms with Gasteiger partial charge in [-0.3, -0.25) is 0 Å². The third-order valence-corrected chi connectivity index (χ3v) is 3.96. The summed E-state index contributed by atoms with van der Waals surface area (Å²) in [6.45, 7) is 7.15. The minimum atomic E-state index is -0.439. The van der Waals surface area contributed by atoms with E-state index in [0.717, 1.165) is 37.0 Å². The highest BCUT2D eigenvalue weighted by atomic mass is 16.6. The Morgan fingerprint density at radius 2 is 1.91 bits per heavy atom. The second kappa shape index (κ2) is 5.59. The molecule has 22 heavy (non-hydrogen) atoms. The molecular weight excluding hydrogens is 280 g/mol. The number of carbonyl (C=O) groups excluding carboxylic acids is 1. The fourth-order valence-electron chi connectivity index (χ4n) is 2.83. The van der Waals surface area contributed by atoms with Crippen LogP contribution in [-0.4, -0.2) is 45.1 Å². The van der Waals surface area contributed by atoms with Crippen LogP contribution in [0.5, 0.6) is 0 Å². The molecule has 118 valence electrons. The molecule has 1 saturated heterocycles. The lowest BCUT2D eigenvalue weighted by Gasteiger charge is -2.33. The number of aromatic amines is 1. The number of aromatic nitrogens is 3. The van der Waals surface area contributed by atoms with Gasteiger partial charge in [-0.25, -0.2) is 4.79 Å². The molecule has 0 atom stereocenters. The number of hydrogen-bond acceptors (Lipinski definition) is 4. The maximum Gasteiger partial charge on any atom is 0.410 e. The van der Waals surface area contributed by atoms with Crippen LogP contribution < -0.4 is 0 Å². The molecule has 1 amide bonds. The van der Waals surface area contributed by atoms with E-state index in [1.54, 1.807) is 4.90 Å². The van der Waals surface area contributed by atoms with Gasteiger partial charge in [0.2, 0.25) is 0 Å². The van der Waals surface area contributed by atoms with Crippen molar-refractivity contribution in [2.45, 2.75) is 45.1 Å². The molecule has 6 nitrogen and oxygen atoms in total. The van der Waals surface area contributed by atoms with Crippen molar-refractivity contribution in [1.29, 1.82) is 0 Å². The number of rotatable bonds is 1. The van der Waals surface area contributed by atoms with Crippen LogP contribution in [0.3, 0.4) is 0 Å². The Morgan fingerprint density at radius 1 is 1.23 bits per heavy atom. The molecule has 0 spiro atoms. The molecular formula is C16H22N4O2. The highest BCUT2D eigenvalue weighted by Crippen LogP contribution is 2.30. The molecule has 0 bridgehead atoms. The van der Waals surface area contributed by atoms with E-state index in [4.69, 9.17) is 4.74 Å². The lowest BCUT2D eigenvalue weighted by atomic mass is 9.89. The highest BCUT2D eigenvalue weighted by molar-refractivity contribution is 5.74. The van der Waals surface area contributed by atoms with Crippen molar-refractivity contribution in [2.75, 3.05) is 13.1 Å². The van der Waals surface area contributed by atoms with E-state index in [0.29, 0.717) is 5.92 Å². The first kappa shape index (κ1) is 14.8. The molecule has 0 aliphatic carbocycles. The molecule has 0 unspecified atom stereocenters. The number of H-pyrrole nitrogens is 1. The number of ether oxygens (including phenoxy) is 1. The second-order valence-corrected chi connectivity index (χ2v) is 6.81. The Morgan fingerprint density at radius 3 is 2.59 bits per heavy atom. The number of nitrogens with one attached hydrogen (secondary N) is 1. The lowest BCUT2D eigenvalue weighted by molar-refractivity contribution is 0.0205. The van der Waals surface area contributed by atoms with Gasteiger partial charge in [-0.2, -0.15) is 15.4 Å². The minimum absolute atomic E-state index is 0.210. The van der Waals surface area contributed by atoms with Crippen LogP contribution in [0.15, 0.2) is 18.2 Å². The van der Waals surface area contributed by atoms with Crippen LogP contribution in [0, 0.1) is 0 Å². The van der Waals surface area contributed by atoms with Crippen molar-refractivity contribution in [3.05, 3.63) is 23.8 Å². The molecule has 1 aromatic carbocycles. The summed E-state index contributed by atoms with van der Waals surface area (Å²) in [6, 6.07) is 6.19. The number of fused-ring (bicyclic) bond motifs is 1. The van der Waals surface area contributed by atoms with Gasteiger partial charge in [0.05, 0.1) is 0 Å². The van der Waals surface area contributed by atoms with Crippen molar-refractivity contribution >= 4 is 17.1 Å². The predicted molar refractivity (Wildman–Crippen MR) is 83.7 cm³/mol. The van der Waals surface area contributed by atoms with Gasteiger partial charge in [0, 0.05) is 13.1 Å². The Bertz CT molecular complexity index is 666. The fraction of sp³-hybridized carbons (Fsp3) is 0.562. The Hall–Kier alpha value is -2.11. The van der Waals surface area contributed by atoms with Crippen molar-refractivity contribution in [2.24, 2.45) is 0 Å². The average molecular weight is 302 g/mol. The smallest absolute Gasteiger partial charge is 0.410 e. The van der Waals surface area contributed by atoms with E-state index in [9.17, 15) is 4.79 Å². The molecule has 2 aromatic rings. The van der Waals surface area contributed by atoms with Crippen LogP contribution in [0.2, 0.25) is 0 Å². The molecule has 1 aliphatic rings. The van der Waals surface area contributed by atoms with E-state index < -0.39 is 5.60 Å². The van der Waals surface area contributed by atoms with Crippen molar-refractivity contribution < 1.29 is 9.53 Å². The molecule has 3 rings (SSSR count). The SMILES string of the molecule is CC(C)(C)OC(=O)N1CCC(c2ccc3n[nH]nc3c2)CC1. The molecule has 0 saturated carbocycles. The zero-order valence-corrected chi connectivity index (χ0v) is 13.3. The summed E-state index contributed by atoms with van der Waals surface area (Å²) in [5.41, 5.74) is 2.61. The Kier molecular flexibility index (Phi) is 3.76. The lowest BCUT2D eigenvalue weighted by Crippen LogP contribution is -2.41. The molecule has 1 aromatic heterocycles. The monoisotopic (exact) mass is 302 g/mol. The molecule has 1 fully saturated rings. The Balaban J connectivity index is 1.62. The van der Waals surface area contributed by atoms with Crippen molar-refractivity contribution in [3.63, 3.8) is 0 Å². The van der Waals surface area contributed by atoms with Gasteiger partial charge < -0.3 is 9.64 Å². The number of benzene rings is 1. The third-order valence-electron chi connectivity index (χ3n) is 3.96. The standard InChI is InChI=1S/C16H22N4O2/c1-16(2,3)22-15(21)20-8-6-11(7-9-20)12-4-5-13-14(10-12)18-19-17-13/h4-5,10-11H,6-9H2,1-3H3,(H,17,18,19). The maximum atomic E-state index is 12.1. The van der Waals surface area contributed by atoms with Gasteiger partial charge in [-0.1, -0.05) is 6.07 Å². The third kappa shape index (κ3) is 3.21. The summed E-state index contributed by atoms with van der Waals surface area (Å²) in [6.07, 6.45) is 1.68. The summed E-state index contributed by atoms with van der Waals surface area (Å²) in [4.78, 5) is 13.9. The first-order valence-electron chi connectivity index (χ1n) is 7.71. The zero-order valence-electron chi connectivity index (χ0n) is 13.3. The molecule has 1 N–H and O–H groups in total. The summed E-state index contributed by atoms with van der Waals surface area (Å²) < 4.78 is 5.43. The predicted octanol–water partition coefficient (Wildman–Crippen LogP) is 3.07. The highest BCUT2D eigenvalue weighted by Gasteiger charge is 2.27. The zero-order chi connectivity index (χ0) is 15.7. The number of nitrogens with zero attached hydrogens (tertiary/aromatic N) is 3. The van der Waals surface area contributed by atoms with Crippen LogP contribution in [0.1, 0.15) is 45.1 Å². The largest absolute Gasteiger partial charge is 0.444 e. The first-order valence-corrected chi connectivity index (χ1v) is 7.71. The molecule has 2 heterocycles. The van der Waals surface area contributed by atoms with Gasteiger partial charge >= 0.3 is 6.09 Å². The summed E-state index contributed by atoms with van der Waals surface area (Å²) in [7, 11) is 0. The number of piperidine rings is 1. The van der Waals surface area contributed by atoms with Gasteiger partial charge in [-0.15, -0.1) is 0 Å². The van der Waals surface area contributed by atoms with E-state index in [2.05, 4.69) is 27.5 Å². The normalized spacial score (nSPS) is 17.0. The summed E-state index contributed by atoms with van der Waals surface area (Å²) in [5, 5.41) is 10.8. The Labute approximate surface area is 129 Å². The maximum absolute atomic E-state index is 12.1. The number of likely N-dealkylation sites (tertiary alicyclic amines) is 1. The number of carbonyl (C=O) groups is 1. The van der Waals surface area contributed by atoms with Gasteiger partial charge in [0.25, 0.3) is 0 Å². The van der Waals surface area contributed by atoms with Gasteiger partial charge in [-0.05, 0) is 57.2 Å². The molecule has 6 heteroatoms. The van der Waals surface area contributed by atoms with E-state index in [1.165, 1.54) is 5.56 Å². The van der Waals surface area contributed by atoms with Crippen LogP contribution in [0.4, 0.5) is 4.79 Å². The van der Waals surface area contributed by atoms with Crippen LogP contribution >= 0.6 is 0 Å². The van der Waals surface area contributed by atoms with Crippen LogP contribution in [-0.2, 0) is 4.74 Å². The summed E-state index contributed by atoms with van der Waals surface area (Å²) in [5.74, 6) is 0.458. The van der Waals surface area contributed by atoms with Gasteiger partial charge in [0.15, 0.2) is 0 Å². The average Bonchev–Trinajstić information content (AvgIpc) is 2.93. The minimum Gasteiger partial charge on any atom is -0.444 e. The molecule has 0 radical (unpaired) electrons.